The van der Waals surface area contributed by atoms with Crippen LogP contribution >= 0.6 is 11.6 Å². The second kappa shape index (κ2) is 8.40. The van der Waals surface area contributed by atoms with Gasteiger partial charge in [-0.25, -0.2) is 9.18 Å². The van der Waals surface area contributed by atoms with Crippen LogP contribution in [0.4, 0.5) is 14.9 Å². The second-order valence-corrected chi connectivity index (χ2v) is 5.40. The summed E-state index contributed by atoms with van der Waals surface area (Å²) in [5, 5.41) is 5.89. The molecule has 7 heteroatoms. The van der Waals surface area contributed by atoms with Crippen LogP contribution in [0.5, 0.6) is 11.5 Å². The maximum absolute atomic E-state index is 13.0. The molecule has 0 unspecified atom stereocenters. The van der Waals surface area contributed by atoms with Crippen LogP contribution in [-0.4, -0.2) is 26.3 Å². The molecule has 0 saturated carbocycles. The number of methoxy groups -OCH3 is 1. The summed E-state index contributed by atoms with van der Waals surface area (Å²) < 4.78 is 23.5. The fourth-order valence-electron chi connectivity index (χ4n) is 1.99. The molecular formula is C17H18ClFN2O3. The molecule has 128 valence electrons. The Hall–Kier alpha value is -2.47. The lowest BCUT2D eigenvalue weighted by atomic mass is 10.2. The number of nitrogens with one attached hydrogen (secondary N) is 2. The van der Waals surface area contributed by atoms with Gasteiger partial charge in [0.25, 0.3) is 0 Å². The molecule has 2 aromatic carbocycles. The summed E-state index contributed by atoms with van der Waals surface area (Å²) in [6.07, 6.45) is 0. The van der Waals surface area contributed by atoms with Crippen molar-refractivity contribution in [1.82, 2.24) is 5.32 Å². The minimum absolute atomic E-state index is 0.216. The summed E-state index contributed by atoms with van der Waals surface area (Å²) in [7, 11) is 1.50. The first kappa shape index (κ1) is 17.9. The van der Waals surface area contributed by atoms with Crippen molar-refractivity contribution in [3.8, 4) is 11.5 Å². The van der Waals surface area contributed by atoms with Crippen LogP contribution in [-0.2, 0) is 0 Å². The van der Waals surface area contributed by atoms with Gasteiger partial charge in [0.1, 0.15) is 23.9 Å². The Morgan fingerprint density at radius 1 is 1.29 bits per heavy atom. The lowest BCUT2D eigenvalue weighted by molar-refractivity contribution is 0.247. The summed E-state index contributed by atoms with van der Waals surface area (Å²) in [4.78, 5) is 11.9. The molecule has 0 aliphatic carbocycles. The van der Waals surface area contributed by atoms with Crippen LogP contribution in [0.25, 0.3) is 0 Å². The number of anilines is 1. The molecule has 0 aliphatic heterocycles. The zero-order valence-electron chi connectivity index (χ0n) is 13.4. The lowest BCUT2D eigenvalue weighted by Gasteiger charge is -2.13. The average Bonchev–Trinajstić information content (AvgIpc) is 2.55. The lowest BCUT2D eigenvalue weighted by Crippen LogP contribution is -2.32. The van der Waals surface area contributed by atoms with Gasteiger partial charge in [-0.05, 0) is 30.7 Å². The number of hydrogen-bond acceptors (Lipinski definition) is 3. The molecule has 0 aromatic heterocycles. The minimum Gasteiger partial charge on any atom is -0.495 e. The zero-order valence-corrected chi connectivity index (χ0v) is 14.1. The monoisotopic (exact) mass is 352 g/mol. The van der Waals surface area contributed by atoms with Gasteiger partial charge in [0.15, 0.2) is 0 Å². The molecule has 2 N–H and O–H groups in total. The molecule has 0 heterocycles. The largest absolute Gasteiger partial charge is 0.495 e. The van der Waals surface area contributed by atoms with E-state index in [0.29, 0.717) is 22.2 Å². The number of urea groups is 1. The highest BCUT2D eigenvalue weighted by Gasteiger charge is 2.10. The number of benzene rings is 2. The number of hydrogen-bond donors (Lipinski definition) is 2. The fourth-order valence-corrected chi connectivity index (χ4v) is 2.14. The van der Waals surface area contributed by atoms with Crippen molar-refractivity contribution in [3.63, 3.8) is 0 Å². The maximum atomic E-state index is 13.0. The van der Waals surface area contributed by atoms with Gasteiger partial charge in [0.05, 0.1) is 19.3 Å². The van der Waals surface area contributed by atoms with Crippen LogP contribution in [0, 0.1) is 12.7 Å². The van der Waals surface area contributed by atoms with E-state index in [1.807, 2.05) is 6.92 Å². The van der Waals surface area contributed by atoms with Gasteiger partial charge in [-0.15, -0.1) is 0 Å². The molecular weight excluding hydrogens is 335 g/mol. The van der Waals surface area contributed by atoms with Crippen molar-refractivity contribution in [1.29, 1.82) is 0 Å². The highest BCUT2D eigenvalue weighted by atomic mass is 35.5. The predicted molar refractivity (Wildman–Crippen MR) is 91.7 cm³/mol. The second-order valence-electron chi connectivity index (χ2n) is 4.99. The van der Waals surface area contributed by atoms with Crippen LogP contribution in [0.15, 0.2) is 36.4 Å². The van der Waals surface area contributed by atoms with E-state index in [-0.39, 0.29) is 19.0 Å². The van der Waals surface area contributed by atoms with Crippen molar-refractivity contribution < 1.29 is 18.7 Å². The van der Waals surface area contributed by atoms with Gasteiger partial charge < -0.3 is 20.1 Å². The SMILES string of the molecule is COc1cc(Cl)c(C)cc1NC(=O)NCCOc1cccc(F)c1. The molecule has 0 radical (unpaired) electrons. The number of aryl methyl sites for hydroxylation is 1. The van der Waals surface area contributed by atoms with E-state index in [0.717, 1.165) is 5.56 Å². The molecule has 2 aromatic rings. The summed E-state index contributed by atoms with van der Waals surface area (Å²) in [6.45, 7) is 2.31. The molecule has 24 heavy (non-hydrogen) atoms. The van der Waals surface area contributed by atoms with E-state index in [1.54, 1.807) is 24.3 Å². The Balaban J connectivity index is 1.82. The van der Waals surface area contributed by atoms with Crippen LogP contribution in [0.1, 0.15) is 5.56 Å². The molecule has 0 fully saturated rings. The van der Waals surface area contributed by atoms with Crippen LogP contribution < -0.4 is 20.1 Å². The van der Waals surface area contributed by atoms with Gasteiger partial charge in [-0.2, -0.15) is 0 Å². The van der Waals surface area contributed by atoms with E-state index in [4.69, 9.17) is 21.1 Å². The summed E-state index contributed by atoms with van der Waals surface area (Å²) >= 11 is 6.02. The van der Waals surface area contributed by atoms with Crippen LogP contribution in [0.2, 0.25) is 5.02 Å². The fraction of sp³-hybridized carbons (Fsp3) is 0.235. The van der Waals surface area contributed by atoms with E-state index in [9.17, 15) is 9.18 Å². The summed E-state index contributed by atoms with van der Waals surface area (Å²) in [5.41, 5.74) is 1.34. The van der Waals surface area contributed by atoms with Gasteiger partial charge >= 0.3 is 6.03 Å². The molecule has 2 amide bonds. The number of carbonyl (C=O) groups excluding carboxylic acids is 1. The number of halogens is 2. The summed E-state index contributed by atoms with van der Waals surface area (Å²) in [6, 6.07) is 8.77. The molecule has 0 aliphatic rings. The van der Waals surface area contributed by atoms with Gasteiger partial charge in [-0.1, -0.05) is 17.7 Å². The van der Waals surface area contributed by atoms with E-state index >= 15 is 0 Å². The molecule has 2 rings (SSSR count). The third-order valence-corrected chi connectivity index (χ3v) is 3.59. The highest BCUT2D eigenvalue weighted by Crippen LogP contribution is 2.30. The Bertz CT molecular complexity index is 725. The average molecular weight is 353 g/mol. The quantitative estimate of drug-likeness (QED) is 0.773. The highest BCUT2D eigenvalue weighted by molar-refractivity contribution is 6.31. The third kappa shape index (κ3) is 5.03. The van der Waals surface area contributed by atoms with Gasteiger partial charge in [-0.3, -0.25) is 0 Å². The maximum Gasteiger partial charge on any atom is 0.319 e. The van der Waals surface area contributed by atoms with Gasteiger partial charge in [0, 0.05) is 17.2 Å². The van der Waals surface area contributed by atoms with Crippen molar-refractivity contribution in [2.75, 3.05) is 25.6 Å². The Labute approximate surface area is 144 Å². The molecule has 0 saturated heterocycles. The summed E-state index contributed by atoms with van der Waals surface area (Å²) in [5.74, 6) is 0.507. The minimum atomic E-state index is -0.405. The third-order valence-electron chi connectivity index (χ3n) is 3.18. The Kier molecular flexibility index (Phi) is 6.26. The molecule has 0 spiro atoms. The van der Waals surface area contributed by atoms with Crippen molar-refractivity contribution in [2.24, 2.45) is 0 Å². The number of ether oxygens (including phenoxy) is 2. The predicted octanol–water partition coefficient (Wildman–Crippen LogP) is 4.00. The smallest absolute Gasteiger partial charge is 0.319 e. The molecule has 0 bridgehead atoms. The first-order valence-corrected chi connectivity index (χ1v) is 7.64. The van der Waals surface area contributed by atoms with Crippen LogP contribution in [0.3, 0.4) is 0 Å². The Morgan fingerprint density at radius 3 is 2.79 bits per heavy atom. The number of carbonyl (C=O) groups is 1. The number of amides is 2. The number of rotatable bonds is 6. The zero-order chi connectivity index (χ0) is 17.5. The van der Waals surface area contributed by atoms with E-state index in [2.05, 4.69) is 10.6 Å². The van der Waals surface area contributed by atoms with Crippen molar-refractivity contribution >= 4 is 23.3 Å². The Morgan fingerprint density at radius 2 is 2.08 bits per heavy atom. The first-order chi connectivity index (χ1) is 11.5. The van der Waals surface area contributed by atoms with Gasteiger partial charge in [0.2, 0.25) is 0 Å². The van der Waals surface area contributed by atoms with E-state index in [1.165, 1.54) is 19.2 Å². The molecule has 0 atom stereocenters. The standard InChI is InChI=1S/C17H18ClFN2O3/c1-11-8-15(16(23-2)10-14(11)18)21-17(22)20-6-7-24-13-5-3-4-12(19)9-13/h3-5,8-10H,6-7H2,1-2H3,(H2,20,21,22). The first-order valence-electron chi connectivity index (χ1n) is 7.27. The van der Waals surface area contributed by atoms with Crippen molar-refractivity contribution in [3.05, 3.63) is 52.8 Å². The van der Waals surface area contributed by atoms with E-state index < -0.39 is 6.03 Å². The molecule has 5 nitrogen and oxygen atoms in total. The van der Waals surface area contributed by atoms with Crippen molar-refractivity contribution in [2.45, 2.75) is 6.92 Å². The topological polar surface area (TPSA) is 59.6 Å². The normalized spacial score (nSPS) is 10.2.